The van der Waals surface area contributed by atoms with Crippen molar-refractivity contribution < 1.29 is 9.90 Å². The van der Waals surface area contributed by atoms with E-state index in [2.05, 4.69) is 4.90 Å². The van der Waals surface area contributed by atoms with E-state index >= 15 is 0 Å². The molecule has 0 unspecified atom stereocenters. The van der Waals surface area contributed by atoms with Crippen LogP contribution in [0, 0.1) is 0 Å². The Morgan fingerprint density at radius 3 is 2.52 bits per heavy atom. The number of rotatable bonds is 8. The number of benzene rings is 1. The Labute approximate surface area is 127 Å². The minimum Gasteiger partial charge on any atom is -0.395 e. The number of hydrogen-bond acceptors (Lipinski definition) is 3. The molecule has 116 valence electrons. The Bertz CT molecular complexity index is 432. The fraction of sp³-hybridized carbons (Fsp3) is 0.588. The first-order valence-electron chi connectivity index (χ1n) is 7.91. The molecule has 4 nitrogen and oxygen atoms in total. The summed E-state index contributed by atoms with van der Waals surface area (Å²) in [5.41, 5.74) is 1.16. The van der Waals surface area contributed by atoms with Gasteiger partial charge in [0.2, 0.25) is 5.91 Å². The monoisotopic (exact) mass is 290 g/mol. The molecular weight excluding hydrogens is 264 g/mol. The van der Waals surface area contributed by atoms with Crippen molar-refractivity contribution in [3.63, 3.8) is 0 Å². The summed E-state index contributed by atoms with van der Waals surface area (Å²) < 4.78 is 0. The van der Waals surface area contributed by atoms with Gasteiger partial charge in [-0.1, -0.05) is 36.8 Å². The van der Waals surface area contributed by atoms with Crippen LogP contribution in [0.1, 0.15) is 31.7 Å². The second-order valence-corrected chi connectivity index (χ2v) is 5.67. The van der Waals surface area contributed by atoms with Gasteiger partial charge in [-0.2, -0.15) is 0 Å². The number of aliphatic hydroxyl groups excluding tert-OH is 1. The van der Waals surface area contributed by atoms with E-state index in [0.717, 1.165) is 18.4 Å². The van der Waals surface area contributed by atoms with Gasteiger partial charge in [0.25, 0.3) is 0 Å². The molecule has 2 rings (SSSR count). The molecule has 0 bridgehead atoms. The summed E-state index contributed by atoms with van der Waals surface area (Å²) in [5.74, 6) is 0.154. The number of carbonyl (C=O) groups excluding carboxylic acids is 1. The maximum absolute atomic E-state index is 12.5. The average molecular weight is 290 g/mol. The third kappa shape index (κ3) is 4.55. The van der Waals surface area contributed by atoms with Crippen LogP contribution < -0.4 is 0 Å². The minimum atomic E-state index is 0.120. The van der Waals surface area contributed by atoms with Gasteiger partial charge in [-0.25, -0.2) is 0 Å². The maximum atomic E-state index is 12.5. The molecule has 0 radical (unpaired) electrons. The molecular formula is C17H26N2O2. The molecule has 1 aliphatic rings. The van der Waals surface area contributed by atoms with Gasteiger partial charge in [0.15, 0.2) is 0 Å². The third-order valence-electron chi connectivity index (χ3n) is 4.27. The van der Waals surface area contributed by atoms with Gasteiger partial charge < -0.3 is 10.0 Å². The van der Waals surface area contributed by atoms with Crippen molar-refractivity contribution in [2.24, 2.45) is 0 Å². The van der Waals surface area contributed by atoms with E-state index in [0.29, 0.717) is 32.2 Å². The minimum absolute atomic E-state index is 0.120. The molecule has 0 aliphatic heterocycles. The van der Waals surface area contributed by atoms with E-state index < -0.39 is 0 Å². The molecule has 1 N–H and O–H groups in total. The van der Waals surface area contributed by atoms with Gasteiger partial charge in [-0.05, 0) is 25.3 Å². The zero-order valence-electron chi connectivity index (χ0n) is 12.9. The first kappa shape index (κ1) is 16.0. The van der Waals surface area contributed by atoms with Gasteiger partial charge in [0, 0.05) is 25.7 Å². The first-order valence-corrected chi connectivity index (χ1v) is 7.91. The predicted molar refractivity (Wildman–Crippen MR) is 83.8 cm³/mol. The Morgan fingerprint density at radius 2 is 2.00 bits per heavy atom. The molecule has 0 spiro atoms. The SMILES string of the molecule is CCN(Cc1ccccc1)C(=O)CN(CCO)C1CCC1. The third-order valence-corrected chi connectivity index (χ3v) is 4.27. The Hall–Kier alpha value is -1.39. The van der Waals surface area contributed by atoms with Crippen LogP contribution in [0.25, 0.3) is 0 Å². The largest absolute Gasteiger partial charge is 0.395 e. The van der Waals surface area contributed by atoms with Gasteiger partial charge in [-0.15, -0.1) is 0 Å². The van der Waals surface area contributed by atoms with Gasteiger partial charge in [0.05, 0.1) is 13.2 Å². The van der Waals surface area contributed by atoms with Crippen molar-refractivity contribution in [2.45, 2.75) is 38.8 Å². The molecule has 1 fully saturated rings. The molecule has 1 aliphatic carbocycles. The summed E-state index contributed by atoms with van der Waals surface area (Å²) >= 11 is 0. The predicted octanol–water partition coefficient (Wildman–Crippen LogP) is 1.88. The van der Waals surface area contributed by atoms with Crippen LogP contribution in [0.2, 0.25) is 0 Å². The normalized spacial score (nSPS) is 15.0. The van der Waals surface area contributed by atoms with Gasteiger partial charge in [-0.3, -0.25) is 9.69 Å². The fourth-order valence-corrected chi connectivity index (χ4v) is 2.72. The quantitative estimate of drug-likeness (QED) is 0.795. The van der Waals surface area contributed by atoms with Crippen molar-refractivity contribution in [3.8, 4) is 0 Å². The topological polar surface area (TPSA) is 43.8 Å². The van der Waals surface area contributed by atoms with Crippen LogP contribution in [0.4, 0.5) is 0 Å². The second kappa shape index (κ2) is 8.15. The molecule has 0 heterocycles. The molecule has 0 saturated heterocycles. The van der Waals surface area contributed by atoms with Crippen LogP contribution in [-0.2, 0) is 11.3 Å². The van der Waals surface area contributed by atoms with Crippen molar-refractivity contribution in [1.29, 1.82) is 0 Å². The highest BCUT2D eigenvalue weighted by atomic mass is 16.3. The zero-order chi connectivity index (χ0) is 15.1. The molecule has 4 heteroatoms. The van der Waals surface area contributed by atoms with Crippen LogP contribution in [0.5, 0.6) is 0 Å². The number of aliphatic hydroxyl groups is 1. The Kier molecular flexibility index (Phi) is 6.21. The lowest BCUT2D eigenvalue weighted by atomic mass is 9.91. The number of carbonyl (C=O) groups is 1. The highest BCUT2D eigenvalue weighted by molar-refractivity contribution is 5.78. The summed E-state index contributed by atoms with van der Waals surface area (Å²) in [6, 6.07) is 10.6. The van der Waals surface area contributed by atoms with E-state index in [1.807, 2.05) is 42.2 Å². The van der Waals surface area contributed by atoms with E-state index in [4.69, 9.17) is 0 Å². The molecule has 1 aromatic rings. The van der Waals surface area contributed by atoms with E-state index in [9.17, 15) is 9.90 Å². The fourth-order valence-electron chi connectivity index (χ4n) is 2.72. The standard InChI is InChI=1S/C17H26N2O2/c1-2-18(13-15-7-4-3-5-8-15)17(21)14-19(11-12-20)16-9-6-10-16/h3-5,7-8,16,20H,2,6,9-14H2,1H3. The van der Waals surface area contributed by atoms with Crippen LogP contribution in [0.3, 0.4) is 0 Å². The number of amides is 1. The lowest BCUT2D eigenvalue weighted by Gasteiger charge is -2.37. The summed E-state index contributed by atoms with van der Waals surface area (Å²) in [5, 5.41) is 9.18. The number of likely N-dealkylation sites (N-methyl/N-ethyl adjacent to an activating group) is 1. The average Bonchev–Trinajstić information content (AvgIpc) is 2.44. The molecule has 1 amide bonds. The number of hydrogen-bond donors (Lipinski definition) is 1. The smallest absolute Gasteiger partial charge is 0.237 e. The van der Waals surface area contributed by atoms with Crippen molar-refractivity contribution in [1.82, 2.24) is 9.80 Å². The Balaban J connectivity index is 1.92. The van der Waals surface area contributed by atoms with Crippen molar-refractivity contribution in [3.05, 3.63) is 35.9 Å². The molecule has 1 saturated carbocycles. The van der Waals surface area contributed by atoms with E-state index in [1.54, 1.807) is 0 Å². The number of nitrogens with zero attached hydrogens (tertiary/aromatic N) is 2. The van der Waals surface area contributed by atoms with E-state index in [1.165, 1.54) is 6.42 Å². The summed E-state index contributed by atoms with van der Waals surface area (Å²) in [6.45, 7) is 4.53. The van der Waals surface area contributed by atoms with E-state index in [-0.39, 0.29) is 12.5 Å². The van der Waals surface area contributed by atoms with Crippen LogP contribution in [0.15, 0.2) is 30.3 Å². The first-order chi connectivity index (χ1) is 10.2. The summed E-state index contributed by atoms with van der Waals surface area (Å²) in [7, 11) is 0. The summed E-state index contributed by atoms with van der Waals surface area (Å²) in [4.78, 5) is 16.5. The Morgan fingerprint density at radius 1 is 1.29 bits per heavy atom. The highest BCUT2D eigenvalue weighted by Crippen LogP contribution is 2.24. The lowest BCUT2D eigenvalue weighted by Crippen LogP contribution is -2.48. The molecule has 21 heavy (non-hydrogen) atoms. The molecule has 0 atom stereocenters. The zero-order valence-corrected chi connectivity index (χ0v) is 12.9. The highest BCUT2D eigenvalue weighted by Gasteiger charge is 2.27. The van der Waals surface area contributed by atoms with Crippen LogP contribution in [-0.4, -0.2) is 53.1 Å². The second-order valence-electron chi connectivity index (χ2n) is 5.67. The molecule has 1 aromatic carbocycles. The van der Waals surface area contributed by atoms with Gasteiger partial charge in [0.1, 0.15) is 0 Å². The van der Waals surface area contributed by atoms with Gasteiger partial charge >= 0.3 is 0 Å². The van der Waals surface area contributed by atoms with Crippen LogP contribution >= 0.6 is 0 Å². The van der Waals surface area contributed by atoms with Crippen molar-refractivity contribution >= 4 is 5.91 Å². The van der Waals surface area contributed by atoms with Crippen molar-refractivity contribution in [2.75, 3.05) is 26.2 Å². The maximum Gasteiger partial charge on any atom is 0.237 e. The molecule has 0 aromatic heterocycles. The lowest BCUT2D eigenvalue weighted by molar-refractivity contribution is -0.134. The summed E-state index contributed by atoms with van der Waals surface area (Å²) in [6.07, 6.45) is 3.54.